The van der Waals surface area contributed by atoms with Crippen molar-refractivity contribution in [2.24, 2.45) is 0 Å². The molecule has 3 heterocycles. The SMILES string of the molecule is COc1cccc(-c2c(C)c(Cc3c(F)cccc3C(F)(F)F)c3n(c2=O)C(C(=O)c2ccsc2)CS3)c1F. The number of methoxy groups -OCH3 is 1. The molecule has 0 saturated carbocycles. The number of Topliss-reactive ketones (excluding diaryl/α,β-unsaturated/α-hetero) is 1. The van der Waals surface area contributed by atoms with Gasteiger partial charge in [-0.25, -0.2) is 8.78 Å². The zero-order chi connectivity index (χ0) is 28.1. The number of fused-ring (bicyclic) bond motifs is 1. The van der Waals surface area contributed by atoms with Crippen molar-refractivity contribution in [3.05, 3.63) is 103 Å². The molecule has 0 aliphatic carbocycles. The molecule has 5 rings (SSSR count). The normalized spacial score (nSPS) is 14.9. The molecule has 2 aromatic carbocycles. The van der Waals surface area contributed by atoms with Crippen LogP contribution < -0.4 is 10.3 Å². The topological polar surface area (TPSA) is 48.3 Å². The van der Waals surface area contributed by atoms with E-state index in [0.29, 0.717) is 5.56 Å². The number of halogens is 5. The molecule has 1 aliphatic rings. The van der Waals surface area contributed by atoms with Crippen LogP contribution in [0.1, 0.15) is 38.7 Å². The number of ketones is 1. The summed E-state index contributed by atoms with van der Waals surface area (Å²) >= 11 is 2.44. The minimum atomic E-state index is -4.83. The van der Waals surface area contributed by atoms with Gasteiger partial charge in [-0.05, 0) is 47.7 Å². The quantitative estimate of drug-likeness (QED) is 0.178. The average molecular weight is 578 g/mol. The van der Waals surface area contributed by atoms with Crippen LogP contribution in [-0.4, -0.2) is 23.2 Å². The monoisotopic (exact) mass is 577 g/mol. The Morgan fingerprint density at radius 2 is 1.85 bits per heavy atom. The lowest BCUT2D eigenvalue weighted by Crippen LogP contribution is -2.31. The molecule has 0 N–H and O–H groups in total. The molecule has 2 aromatic heterocycles. The number of benzene rings is 2. The fourth-order valence-electron chi connectivity index (χ4n) is 4.86. The van der Waals surface area contributed by atoms with Gasteiger partial charge in [0.15, 0.2) is 17.3 Å². The molecule has 1 atom stereocenters. The van der Waals surface area contributed by atoms with E-state index in [1.54, 1.807) is 16.8 Å². The number of thioether (sulfide) groups is 1. The Hall–Kier alpha value is -3.44. The fraction of sp³-hybridized carbons (Fsp3) is 0.214. The lowest BCUT2D eigenvalue weighted by atomic mass is 9.92. The van der Waals surface area contributed by atoms with Gasteiger partial charge in [-0.1, -0.05) is 18.2 Å². The Morgan fingerprint density at radius 3 is 2.51 bits per heavy atom. The van der Waals surface area contributed by atoms with Crippen LogP contribution in [0, 0.1) is 18.6 Å². The first-order valence-corrected chi connectivity index (χ1v) is 13.6. The maximum absolute atomic E-state index is 15.4. The summed E-state index contributed by atoms with van der Waals surface area (Å²) in [4.78, 5) is 27.3. The molecule has 202 valence electrons. The molecule has 0 saturated heterocycles. The van der Waals surface area contributed by atoms with Gasteiger partial charge in [0, 0.05) is 34.2 Å². The predicted molar refractivity (Wildman–Crippen MR) is 140 cm³/mol. The number of hydrogen-bond donors (Lipinski definition) is 0. The Morgan fingerprint density at radius 1 is 1.10 bits per heavy atom. The molecule has 0 fully saturated rings. The molecule has 1 unspecified atom stereocenters. The molecule has 4 aromatic rings. The number of carbonyl (C=O) groups is 1. The van der Waals surface area contributed by atoms with Crippen molar-refractivity contribution in [3.8, 4) is 16.9 Å². The van der Waals surface area contributed by atoms with E-state index < -0.39 is 47.0 Å². The largest absolute Gasteiger partial charge is 0.494 e. The predicted octanol–water partition coefficient (Wildman–Crippen LogP) is 7.31. The van der Waals surface area contributed by atoms with E-state index in [9.17, 15) is 27.2 Å². The first-order valence-electron chi connectivity index (χ1n) is 11.7. The van der Waals surface area contributed by atoms with Gasteiger partial charge in [0.2, 0.25) is 0 Å². The molecule has 0 radical (unpaired) electrons. The lowest BCUT2D eigenvalue weighted by Gasteiger charge is -2.21. The van der Waals surface area contributed by atoms with Crippen LogP contribution in [0.5, 0.6) is 5.75 Å². The number of carbonyl (C=O) groups excluding carboxylic acids is 1. The minimum absolute atomic E-state index is 0.124. The fourth-order valence-corrected chi connectivity index (χ4v) is 6.87. The van der Waals surface area contributed by atoms with E-state index in [1.165, 1.54) is 48.1 Å². The minimum Gasteiger partial charge on any atom is -0.494 e. The van der Waals surface area contributed by atoms with Crippen LogP contribution in [0.15, 0.2) is 63.0 Å². The molecular weight excluding hydrogens is 557 g/mol. The van der Waals surface area contributed by atoms with E-state index >= 15 is 4.39 Å². The van der Waals surface area contributed by atoms with Crippen LogP contribution in [0.3, 0.4) is 0 Å². The summed E-state index contributed by atoms with van der Waals surface area (Å²) in [6, 6.07) is 7.57. The van der Waals surface area contributed by atoms with Crippen molar-refractivity contribution in [1.29, 1.82) is 0 Å². The Balaban J connectivity index is 1.80. The van der Waals surface area contributed by atoms with Crippen LogP contribution in [0.25, 0.3) is 11.1 Å². The maximum Gasteiger partial charge on any atom is 0.416 e. The molecule has 0 bridgehead atoms. The number of rotatable bonds is 6. The van der Waals surface area contributed by atoms with Gasteiger partial charge in [-0.3, -0.25) is 14.2 Å². The first-order chi connectivity index (χ1) is 18.5. The van der Waals surface area contributed by atoms with E-state index in [-0.39, 0.29) is 44.6 Å². The van der Waals surface area contributed by atoms with Gasteiger partial charge >= 0.3 is 6.18 Å². The molecule has 1 aliphatic heterocycles. The van der Waals surface area contributed by atoms with Gasteiger partial charge in [-0.2, -0.15) is 24.5 Å². The van der Waals surface area contributed by atoms with Crippen LogP contribution >= 0.6 is 23.1 Å². The van der Waals surface area contributed by atoms with E-state index in [0.717, 1.165) is 30.0 Å². The lowest BCUT2D eigenvalue weighted by molar-refractivity contribution is -0.138. The number of hydrogen-bond acceptors (Lipinski definition) is 5. The summed E-state index contributed by atoms with van der Waals surface area (Å²) in [6.45, 7) is 1.49. The highest BCUT2D eigenvalue weighted by molar-refractivity contribution is 7.99. The second kappa shape index (κ2) is 10.3. The van der Waals surface area contributed by atoms with Crippen molar-refractivity contribution in [2.75, 3.05) is 12.9 Å². The highest BCUT2D eigenvalue weighted by Gasteiger charge is 2.38. The molecule has 11 heteroatoms. The van der Waals surface area contributed by atoms with Gasteiger partial charge in [-0.15, -0.1) is 11.8 Å². The van der Waals surface area contributed by atoms with Crippen LogP contribution in [0.4, 0.5) is 22.0 Å². The first kappa shape index (κ1) is 27.1. The van der Waals surface area contributed by atoms with Crippen LogP contribution in [-0.2, 0) is 12.6 Å². The Kier molecular flexibility index (Phi) is 7.15. The highest BCUT2D eigenvalue weighted by atomic mass is 32.2. The second-order valence-electron chi connectivity index (χ2n) is 8.92. The van der Waals surface area contributed by atoms with E-state index in [1.807, 2.05) is 0 Å². The van der Waals surface area contributed by atoms with Crippen molar-refractivity contribution < 1.29 is 31.5 Å². The van der Waals surface area contributed by atoms with Crippen LogP contribution in [0.2, 0.25) is 0 Å². The third-order valence-corrected chi connectivity index (χ3v) is 8.65. The smallest absolute Gasteiger partial charge is 0.416 e. The number of ether oxygens (including phenoxy) is 1. The zero-order valence-corrected chi connectivity index (χ0v) is 22.2. The van der Waals surface area contributed by atoms with Crippen molar-refractivity contribution in [1.82, 2.24) is 4.57 Å². The molecule has 0 amide bonds. The van der Waals surface area contributed by atoms with E-state index in [4.69, 9.17) is 4.74 Å². The van der Waals surface area contributed by atoms with Gasteiger partial charge < -0.3 is 4.74 Å². The average Bonchev–Trinajstić information content (AvgIpc) is 3.58. The standard InChI is InChI=1S/C28H20F5NO3S2/c1-14-17(11-18-19(28(31,32)33)6-4-7-20(18)29)27-34(21(13-39-27)25(35)15-9-10-38-12-15)26(36)23(14)16-5-3-8-22(37-2)24(16)30/h3-10,12,21H,11,13H2,1-2H3. The second-order valence-corrected chi connectivity index (χ2v) is 10.7. The van der Waals surface area contributed by atoms with Gasteiger partial charge in [0.25, 0.3) is 5.56 Å². The van der Waals surface area contributed by atoms with Gasteiger partial charge in [0.05, 0.1) is 23.3 Å². The molecular formula is C28H20F5NO3S2. The number of pyridine rings is 1. The van der Waals surface area contributed by atoms with E-state index in [2.05, 4.69) is 0 Å². The maximum atomic E-state index is 15.4. The summed E-state index contributed by atoms with van der Waals surface area (Å²) in [7, 11) is 1.26. The zero-order valence-electron chi connectivity index (χ0n) is 20.6. The highest BCUT2D eigenvalue weighted by Crippen LogP contribution is 2.43. The summed E-state index contributed by atoms with van der Waals surface area (Å²) in [5, 5.41) is 3.62. The molecule has 4 nitrogen and oxygen atoms in total. The molecule has 0 spiro atoms. The number of nitrogens with zero attached hydrogens (tertiary/aromatic N) is 1. The summed E-state index contributed by atoms with van der Waals surface area (Å²) in [6.07, 6.45) is -5.35. The summed E-state index contributed by atoms with van der Waals surface area (Å²) in [5.41, 5.74) is -1.86. The number of alkyl halides is 3. The number of thiophene rings is 1. The Labute approximate surface area is 228 Å². The molecule has 39 heavy (non-hydrogen) atoms. The third-order valence-electron chi connectivity index (χ3n) is 6.77. The van der Waals surface area contributed by atoms with Crippen molar-refractivity contribution >= 4 is 28.9 Å². The number of aromatic nitrogens is 1. The summed E-state index contributed by atoms with van der Waals surface area (Å²) in [5.74, 6) is -2.23. The van der Waals surface area contributed by atoms with Gasteiger partial charge in [0.1, 0.15) is 11.9 Å². The van der Waals surface area contributed by atoms with Crippen molar-refractivity contribution in [3.63, 3.8) is 0 Å². The Bertz CT molecular complexity index is 1640. The van der Waals surface area contributed by atoms with Crippen molar-refractivity contribution in [2.45, 2.75) is 30.6 Å². The third kappa shape index (κ3) is 4.67. The summed E-state index contributed by atoms with van der Waals surface area (Å²) < 4.78 is 78.1.